The van der Waals surface area contributed by atoms with Crippen LogP contribution in [0.5, 0.6) is 5.75 Å². The van der Waals surface area contributed by atoms with Gasteiger partial charge in [0.1, 0.15) is 5.75 Å². The Morgan fingerprint density at radius 2 is 1.42 bits per heavy atom. The lowest BCUT2D eigenvalue weighted by atomic mass is 9.80. The molecule has 0 bridgehead atoms. The van der Waals surface area contributed by atoms with Crippen LogP contribution < -0.4 is 10.1 Å². The molecular weight excluding hydrogens is 627 g/mol. The molecule has 268 valence electrons. The molecule has 2 aromatic carbocycles. The van der Waals surface area contributed by atoms with Crippen molar-refractivity contribution in [3.05, 3.63) is 48.0 Å². The van der Waals surface area contributed by atoms with Gasteiger partial charge in [-0.15, -0.1) is 0 Å². The van der Waals surface area contributed by atoms with Gasteiger partial charge < -0.3 is 32.8 Å². The minimum atomic E-state index is -2.79. The number of alkyl carbamates (subject to hydrolysis) is 1. The summed E-state index contributed by atoms with van der Waals surface area (Å²) in [5.74, 6) is 2.14. The van der Waals surface area contributed by atoms with Crippen molar-refractivity contribution in [2.24, 2.45) is 11.8 Å². The second kappa shape index (κ2) is 22.7. The van der Waals surface area contributed by atoms with Crippen LogP contribution in [0.4, 0.5) is 4.79 Å². The van der Waals surface area contributed by atoms with Gasteiger partial charge in [0.25, 0.3) is 0 Å². The van der Waals surface area contributed by atoms with Crippen molar-refractivity contribution in [3.8, 4) is 5.75 Å². The Hall–Kier alpha value is -2.92. The molecule has 48 heavy (non-hydrogen) atoms. The van der Waals surface area contributed by atoms with Gasteiger partial charge in [-0.25, -0.2) is 9.59 Å². The highest BCUT2D eigenvalue weighted by atomic mass is 28.4. The van der Waals surface area contributed by atoms with Gasteiger partial charge in [0.2, 0.25) is 0 Å². The molecule has 0 unspecified atom stereocenters. The molecule has 2 aromatic rings. The molecule has 10 heteroatoms. The van der Waals surface area contributed by atoms with Crippen molar-refractivity contribution >= 4 is 37.7 Å². The van der Waals surface area contributed by atoms with Gasteiger partial charge in [-0.2, -0.15) is 0 Å². The number of carbonyl (C=O) groups is 2. The lowest BCUT2D eigenvalue weighted by molar-refractivity contribution is -0.137. The van der Waals surface area contributed by atoms with Crippen molar-refractivity contribution < 1.29 is 37.1 Å². The zero-order chi connectivity index (χ0) is 34.5. The van der Waals surface area contributed by atoms with E-state index in [1.165, 1.54) is 44.6 Å². The third-order valence-electron chi connectivity index (χ3n) is 8.71. The first-order valence-electron chi connectivity index (χ1n) is 18.2. The molecule has 1 aliphatic rings. The van der Waals surface area contributed by atoms with Crippen LogP contribution in [0.25, 0.3) is 16.8 Å². The van der Waals surface area contributed by atoms with E-state index in [1.54, 1.807) is 6.08 Å². The maximum absolute atomic E-state index is 12.2. The van der Waals surface area contributed by atoms with Gasteiger partial charge in [0.15, 0.2) is 0 Å². The number of fused-ring (bicyclic) bond motifs is 1. The fraction of sp³-hybridized carbons (Fsp3) is 0.632. The number of ether oxygens (including phenoxy) is 3. The minimum absolute atomic E-state index is 0.333. The summed E-state index contributed by atoms with van der Waals surface area (Å²) in [5.41, 5.74) is 0.945. The average molecular weight is 686 g/mol. The largest absolute Gasteiger partial charge is 0.502 e. The summed E-state index contributed by atoms with van der Waals surface area (Å²) in [4.78, 5) is 24.3. The van der Waals surface area contributed by atoms with Crippen LogP contribution in [0, 0.1) is 11.8 Å². The molecule has 0 aromatic heterocycles. The lowest BCUT2D eigenvalue weighted by Gasteiger charge is -2.28. The second-order valence-electron chi connectivity index (χ2n) is 12.5. The Morgan fingerprint density at radius 3 is 2.08 bits per heavy atom. The highest BCUT2D eigenvalue weighted by Gasteiger charge is 2.40. The Balaban J connectivity index is 1.25. The molecule has 0 atom stereocenters. The topological polar surface area (TPSA) is 102 Å². The monoisotopic (exact) mass is 685 g/mol. The van der Waals surface area contributed by atoms with E-state index in [4.69, 9.17) is 27.5 Å². The predicted molar refractivity (Wildman–Crippen MR) is 193 cm³/mol. The molecule has 1 amide bonds. The fourth-order valence-corrected chi connectivity index (χ4v) is 8.66. The summed E-state index contributed by atoms with van der Waals surface area (Å²) >= 11 is 0. The van der Waals surface area contributed by atoms with E-state index in [1.807, 2.05) is 32.9 Å². The standard InChI is InChI=1S/C38H59NO8Si/c1-5-13-31-14-16-33(17-15-31)30-44-36-22-21-34-28-32(18-20-35(34)29-36)19-23-37(40)42-25-11-9-10-12-26-43-38(41)39-24-27-48(45-6-2,46-7-3)47-8-4/h18-23,28-29,31,33H,5-17,24-27,30H2,1-4H3,(H,39,41)/b23-19+/t31-,33-. The minimum Gasteiger partial charge on any atom is -0.493 e. The van der Waals surface area contributed by atoms with Crippen molar-refractivity contribution in [2.45, 2.75) is 97.9 Å². The van der Waals surface area contributed by atoms with E-state index in [-0.39, 0.29) is 5.97 Å². The molecule has 1 fully saturated rings. The molecule has 1 saturated carbocycles. The van der Waals surface area contributed by atoms with Gasteiger partial charge in [0, 0.05) is 38.5 Å². The normalized spacial score (nSPS) is 16.7. The van der Waals surface area contributed by atoms with Crippen LogP contribution in [-0.4, -0.2) is 67.1 Å². The molecular formula is C38H59NO8Si. The molecule has 0 heterocycles. The summed E-state index contributed by atoms with van der Waals surface area (Å²) < 4.78 is 34.2. The molecule has 0 saturated heterocycles. The number of hydrogen-bond acceptors (Lipinski definition) is 8. The number of amides is 1. The quantitative estimate of drug-likeness (QED) is 0.0537. The van der Waals surface area contributed by atoms with Crippen molar-refractivity contribution in [3.63, 3.8) is 0 Å². The van der Waals surface area contributed by atoms with Gasteiger partial charge >= 0.3 is 20.9 Å². The van der Waals surface area contributed by atoms with Crippen LogP contribution in [0.15, 0.2) is 42.5 Å². The van der Waals surface area contributed by atoms with Crippen LogP contribution >= 0.6 is 0 Å². The van der Waals surface area contributed by atoms with E-state index < -0.39 is 14.9 Å². The van der Waals surface area contributed by atoms with E-state index in [2.05, 4.69) is 36.5 Å². The maximum atomic E-state index is 12.2. The summed E-state index contributed by atoms with van der Waals surface area (Å²) in [5, 5.41) is 4.98. The molecule has 3 rings (SSSR count). The number of hydrogen-bond donors (Lipinski definition) is 1. The highest BCUT2D eigenvalue weighted by molar-refractivity contribution is 6.60. The van der Waals surface area contributed by atoms with Gasteiger partial charge in [-0.05, 0) is 112 Å². The van der Waals surface area contributed by atoms with Gasteiger partial charge in [-0.1, -0.05) is 50.8 Å². The first kappa shape index (κ1) is 39.5. The Morgan fingerprint density at radius 1 is 0.792 bits per heavy atom. The molecule has 0 aliphatic heterocycles. The van der Waals surface area contributed by atoms with Crippen molar-refractivity contribution in [1.29, 1.82) is 0 Å². The van der Waals surface area contributed by atoms with Crippen LogP contribution in [0.1, 0.15) is 97.5 Å². The lowest BCUT2D eigenvalue weighted by Crippen LogP contribution is -2.48. The number of esters is 1. The van der Waals surface area contributed by atoms with Crippen LogP contribution in [-0.2, 0) is 27.5 Å². The fourth-order valence-electron chi connectivity index (χ4n) is 6.22. The summed E-state index contributed by atoms with van der Waals surface area (Å²) in [6.45, 7) is 11.3. The Kier molecular flexibility index (Phi) is 18.7. The molecule has 0 radical (unpaired) electrons. The van der Waals surface area contributed by atoms with E-state index in [0.29, 0.717) is 51.5 Å². The number of nitrogens with one attached hydrogen (secondary N) is 1. The third-order valence-corrected chi connectivity index (χ3v) is 11.8. The summed E-state index contributed by atoms with van der Waals surface area (Å²) in [6, 6.07) is 12.8. The van der Waals surface area contributed by atoms with Gasteiger partial charge in [-0.3, -0.25) is 0 Å². The average Bonchev–Trinajstić information content (AvgIpc) is 3.08. The van der Waals surface area contributed by atoms with Crippen molar-refractivity contribution in [1.82, 2.24) is 5.32 Å². The smallest absolute Gasteiger partial charge is 0.493 e. The number of benzene rings is 2. The Bertz CT molecular complexity index is 1230. The van der Waals surface area contributed by atoms with Crippen LogP contribution in [0.2, 0.25) is 6.04 Å². The number of carbonyl (C=O) groups excluding carboxylic acids is 2. The second-order valence-corrected chi connectivity index (χ2v) is 15.2. The molecule has 1 aliphatic carbocycles. The summed E-state index contributed by atoms with van der Waals surface area (Å²) in [6.07, 6.45) is 13.9. The number of unbranched alkanes of at least 4 members (excludes halogenated alkanes) is 3. The first-order valence-corrected chi connectivity index (χ1v) is 20.2. The van der Waals surface area contributed by atoms with Crippen LogP contribution in [0.3, 0.4) is 0 Å². The zero-order valence-corrected chi connectivity index (χ0v) is 30.8. The molecule has 9 nitrogen and oxygen atoms in total. The predicted octanol–water partition coefficient (Wildman–Crippen LogP) is 8.72. The highest BCUT2D eigenvalue weighted by Crippen LogP contribution is 2.32. The maximum Gasteiger partial charge on any atom is 0.502 e. The molecule has 0 spiro atoms. The SMILES string of the molecule is CCC[C@H]1CC[C@H](COc2ccc3cc(/C=C/C(=O)OCCCCCCOC(=O)NCC[Si](OCC)(OCC)OCC)ccc3c2)CC1. The zero-order valence-electron chi connectivity index (χ0n) is 29.8. The number of rotatable bonds is 23. The van der Waals surface area contributed by atoms with Crippen molar-refractivity contribution in [2.75, 3.05) is 46.2 Å². The van der Waals surface area contributed by atoms with E-state index >= 15 is 0 Å². The molecule has 1 N–H and O–H groups in total. The Labute approximate surface area is 289 Å². The van der Waals surface area contributed by atoms with E-state index in [0.717, 1.165) is 60.3 Å². The third kappa shape index (κ3) is 14.7. The van der Waals surface area contributed by atoms with Gasteiger partial charge in [0.05, 0.1) is 19.8 Å². The summed E-state index contributed by atoms with van der Waals surface area (Å²) in [7, 11) is -2.79. The first-order chi connectivity index (χ1) is 23.4. The van der Waals surface area contributed by atoms with E-state index in [9.17, 15) is 9.59 Å².